The summed E-state index contributed by atoms with van der Waals surface area (Å²) in [6.07, 6.45) is 3.97. The van der Waals surface area contributed by atoms with Crippen LogP contribution >= 0.6 is 0 Å². The molecular weight excluding hydrogens is 328 g/mol. The summed E-state index contributed by atoms with van der Waals surface area (Å²) in [6, 6.07) is 1.38. The fourth-order valence-electron chi connectivity index (χ4n) is 2.70. The molecule has 1 fully saturated rings. The molecule has 0 radical (unpaired) electrons. The molecule has 0 bridgehead atoms. The molecule has 7 nitrogen and oxygen atoms in total. The molecule has 0 aliphatic carbocycles. The number of amides is 1. The molecule has 1 aliphatic heterocycles. The first kappa shape index (κ1) is 19.0. The van der Waals surface area contributed by atoms with Crippen LogP contribution in [0.25, 0.3) is 0 Å². The highest BCUT2D eigenvalue weighted by Crippen LogP contribution is 2.19. The van der Waals surface area contributed by atoms with E-state index in [-0.39, 0.29) is 16.8 Å². The average Bonchev–Trinajstić information content (AvgIpc) is 3.22. The fraction of sp³-hybridized carbons (Fsp3) is 0.688. The number of aromatic amines is 1. The van der Waals surface area contributed by atoms with Gasteiger partial charge in [0.15, 0.2) is 0 Å². The number of nitrogens with two attached hydrogens (primary N) is 1. The summed E-state index contributed by atoms with van der Waals surface area (Å²) in [5, 5.41) is 0. The summed E-state index contributed by atoms with van der Waals surface area (Å²) >= 11 is 0. The van der Waals surface area contributed by atoms with E-state index >= 15 is 0 Å². The number of sulfonamides is 1. The second-order valence-electron chi connectivity index (χ2n) is 6.77. The minimum Gasteiger partial charge on any atom is -0.356 e. The topological polar surface area (TPSA) is 99.5 Å². The monoisotopic (exact) mass is 356 g/mol. The summed E-state index contributed by atoms with van der Waals surface area (Å²) < 4.78 is 26.5. The highest BCUT2D eigenvalue weighted by atomic mass is 32.2. The fourth-order valence-corrected chi connectivity index (χ4v) is 3.88. The Morgan fingerprint density at radius 3 is 2.58 bits per heavy atom. The Morgan fingerprint density at radius 2 is 2.00 bits per heavy atom. The van der Waals surface area contributed by atoms with Gasteiger partial charge in [0.25, 0.3) is 5.91 Å². The number of rotatable bonds is 7. The molecule has 24 heavy (non-hydrogen) atoms. The van der Waals surface area contributed by atoms with Crippen LogP contribution in [-0.4, -0.2) is 61.2 Å². The Balaban J connectivity index is 2.05. The predicted octanol–water partition coefficient (Wildman–Crippen LogP) is 1.24. The highest BCUT2D eigenvalue weighted by Gasteiger charge is 2.26. The zero-order valence-electron chi connectivity index (χ0n) is 14.7. The second kappa shape index (κ2) is 7.67. The van der Waals surface area contributed by atoms with Gasteiger partial charge in [-0.3, -0.25) is 4.79 Å². The van der Waals surface area contributed by atoms with Crippen LogP contribution in [0.1, 0.15) is 43.6 Å². The lowest BCUT2D eigenvalue weighted by Gasteiger charge is -2.20. The van der Waals surface area contributed by atoms with Gasteiger partial charge in [0, 0.05) is 38.9 Å². The predicted molar refractivity (Wildman–Crippen MR) is 93.2 cm³/mol. The molecule has 1 amide bonds. The number of nitrogens with zero attached hydrogens (tertiary/aromatic N) is 2. The number of likely N-dealkylation sites (tertiary alicyclic amines) is 1. The van der Waals surface area contributed by atoms with Gasteiger partial charge in [0.1, 0.15) is 10.6 Å². The van der Waals surface area contributed by atoms with E-state index in [1.54, 1.807) is 4.90 Å². The van der Waals surface area contributed by atoms with Crippen LogP contribution in [0.4, 0.5) is 0 Å². The van der Waals surface area contributed by atoms with Gasteiger partial charge in [-0.15, -0.1) is 0 Å². The van der Waals surface area contributed by atoms with Crippen molar-refractivity contribution in [2.24, 2.45) is 11.7 Å². The molecule has 1 aliphatic rings. The molecule has 1 atom stereocenters. The maximum Gasteiger partial charge on any atom is 0.270 e. The Bertz CT molecular complexity index is 663. The summed E-state index contributed by atoms with van der Waals surface area (Å²) in [5.41, 5.74) is 6.30. The van der Waals surface area contributed by atoms with E-state index in [1.165, 1.54) is 23.6 Å². The molecule has 2 rings (SSSR count). The van der Waals surface area contributed by atoms with Crippen molar-refractivity contribution < 1.29 is 13.2 Å². The van der Waals surface area contributed by atoms with E-state index in [0.717, 1.165) is 25.9 Å². The highest BCUT2D eigenvalue weighted by molar-refractivity contribution is 7.89. The molecule has 1 unspecified atom stereocenters. The van der Waals surface area contributed by atoms with Crippen LogP contribution in [-0.2, 0) is 10.0 Å². The molecular formula is C16H28N4O3S. The van der Waals surface area contributed by atoms with Gasteiger partial charge in [-0.25, -0.2) is 12.7 Å². The second-order valence-corrected chi connectivity index (χ2v) is 8.82. The van der Waals surface area contributed by atoms with Crippen LogP contribution in [0.3, 0.4) is 0 Å². The SMILES string of the molecule is CC(C)C(N)CCN(C)S(=O)(=O)c1c[nH]c(C(=O)N2CCCC2)c1. The lowest BCUT2D eigenvalue weighted by Crippen LogP contribution is -2.34. The van der Waals surface area contributed by atoms with Crippen molar-refractivity contribution in [1.29, 1.82) is 0 Å². The third-order valence-corrected chi connectivity index (χ3v) is 6.46. The number of hydrogen-bond acceptors (Lipinski definition) is 4. The Labute approximate surface area is 144 Å². The quantitative estimate of drug-likeness (QED) is 0.768. The van der Waals surface area contributed by atoms with Crippen LogP contribution in [0, 0.1) is 5.92 Å². The molecule has 3 N–H and O–H groups in total. The van der Waals surface area contributed by atoms with Crippen molar-refractivity contribution in [1.82, 2.24) is 14.2 Å². The number of carbonyl (C=O) groups is 1. The smallest absolute Gasteiger partial charge is 0.270 e. The molecule has 2 heterocycles. The first-order valence-corrected chi connectivity index (χ1v) is 9.87. The molecule has 0 spiro atoms. The van der Waals surface area contributed by atoms with Crippen molar-refractivity contribution in [3.8, 4) is 0 Å². The number of H-pyrrole nitrogens is 1. The lowest BCUT2D eigenvalue weighted by molar-refractivity contribution is 0.0787. The van der Waals surface area contributed by atoms with Gasteiger partial charge in [0.2, 0.25) is 10.0 Å². The Hall–Kier alpha value is -1.38. The van der Waals surface area contributed by atoms with Crippen LogP contribution in [0.5, 0.6) is 0 Å². The van der Waals surface area contributed by atoms with E-state index in [2.05, 4.69) is 4.98 Å². The van der Waals surface area contributed by atoms with Gasteiger partial charge < -0.3 is 15.6 Å². The minimum atomic E-state index is -3.62. The van der Waals surface area contributed by atoms with Crippen LogP contribution in [0.2, 0.25) is 0 Å². The first-order chi connectivity index (χ1) is 11.2. The van der Waals surface area contributed by atoms with Gasteiger partial charge in [0.05, 0.1) is 0 Å². The number of nitrogens with one attached hydrogen (secondary N) is 1. The normalized spacial score (nSPS) is 17.0. The van der Waals surface area contributed by atoms with Gasteiger partial charge in [-0.1, -0.05) is 13.8 Å². The van der Waals surface area contributed by atoms with Crippen LogP contribution in [0.15, 0.2) is 17.2 Å². The summed E-state index contributed by atoms with van der Waals surface area (Å²) in [6.45, 7) is 5.84. The van der Waals surface area contributed by atoms with Crippen molar-refractivity contribution >= 4 is 15.9 Å². The molecule has 1 saturated heterocycles. The third kappa shape index (κ3) is 4.17. The van der Waals surface area contributed by atoms with E-state index in [0.29, 0.717) is 24.6 Å². The van der Waals surface area contributed by atoms with Gasteiger partial charge >= 0.3 is 0 Å². The first-order valence-electron chi connectivity index (χ1n) is 8.43. The summed E-state index contributed by atoms with van der Waals surface area (Å²) in [5.74, 6) is 0.163. The zero-order chi connectivity index (χ0) is 17.9. The van der Waals surface area contributed by atoms with Crippen molar-refractivity contribution in [3.05, 3.63) is 18.0 Å². The molecule has 0 saturated carbocycles. The standard InChI is InChI=1S/C16H28N4O3S/c1-12(2)14(17)6-9-19(3)24(22,23)13-10-15(18-11-13)16(21)20-7-4-5-8-20/h10-12,14,18H,4-9,17H2,1-3H3. The summed E-state index contributed by atoms with van der Waals surface area (Å²) in [4.78, 5) is 17.0. The maximum atomic E-state index is 12.6. The third-order valence-electron chi connectivity index (χ3n) is 4.62. The largest absolute Gasteiger partial charge is 0.356 e. The average molecular weight is 356 g/mol. The molecule has 0 aromatic carbocycles. The number of aromatic nitrogens is 1. The zero-order valence-corrected chi connectivity index (χ0v) is 15.5. The molecule has 136 valence electrons. The number of hydrogen-bond donors (Lipinski definition) is 2. The maximum absolute atomic E-state index is 12.6. The lowest BCUT2D eigenvalue weighted by atomic mass is 10.0. The molecule has 1 aromatic rings. The number of carbonyl (C=O) groups excluding carboxylic acids is 1. The van der Waals surface area contributed by atoms with E-state index in [9.17, 15) is 13.2 Å². The van der Waals surface area contributed by atoms with Crippen molar-refractivity contribution in [3.63, 3.8) is 0 Å². The van der Waals surface area contributed by atoms with Crippen LogP contribution < -0.4 is 5.73 Å². The summed E-state index contributed by atoms with van der Waals surface area (Å²) in [7, 11) is -2.08. The van der Waals surface area contributed by atoms with E-state index in [1.807, 2.05) is 13.8 Å². The molecule has 8 heteroatoms. The minimum absolute atomic E-state index is 0.0406. The van der Waals surface area contributed by atoms with Gasteiger partial charge in [-0.05, 0) is 31.2 Å². The van der Waals surface area contributed by atoms with E-state index in [4.69, 9.17) is 5.73 Å². The Kier molecular flexibility index (Phi) is 6.06. The van der Waals surface area contributed by atoms with Gasteiger partial charge in [-0.2, -0.15) is 0 Å². The van der Waals surface area contributed by atoms with Crippen molar-refractivity contribution in [2.45, 2.75) is 44.0 Å². The molecule has 1 aromatic heterocycles. The van der Waals surface area contributed by atoms with Crippen molar-refractivity contribution in [2.75, 3.05) is 26.7 Å². The van der Waals surface area contributed by atoms with E-state index < -0.39 is 10.0 Å². The Morgan fingerprint density at radius 1 is 1.38 bits per heavy atom.